The van der Waals surface area contributed by atoms with E-state index in [0.29, 0.717) is 27.8 Å². The van der Waals surface area contributed by atoms with Crippen molar-refractivity contribution in [2.75, 3.05) is 14.2 Å². The topological polar surface area (TPSA) is 77.4 Å². The molecule has 6 rings (SSSR count). The van der Waals surface area contributed by atoms with Crippen LogP contribution in [0.5, 0.6) is 34.5 Å². The van der Waals surface area contributed by atoms with Gasteiger partial charge < -0.3 is 29.2 Å². The Balaban J connectivity index is 0.000000156. The highest BCUT2D eigenvalue weighted by Crippen LogP contribution is 2.45. The van der Waals surface area contributed by atoms with Gasteiger partial charge in [-0.1, -0.05) is 0 Å². The van der Waals surface area contributed by atoms with Crippen molar-refractivity contribution in [3.8, 4) is 56.8 Å². The molecule has 196 valence electrons. The fraction of sp³-hybridized carbons (Fsp3) is 0.143. The zero-order chi connectivity index (χ0) is 27.1. The van der Waals surface area contributed by atoms with E-state index < -0.39 is 34.8 Å². The summed E-state index contributed by atoms with van der Waals surface area (Å²) >= 11 is 0. The molecule has 4 aromatic carbocycles. The van der Waals surface area contributed by atoms with Gasteiger partial charge in [0.2, 0.25) is 11.6 Å². The molecule has 38 heavy (non-hydrogen) atoms. The van der Waals surface area contributed by atoms with Crippen LogP contribution in [0.3, 0.4) is 0 Å². The van der Waals surface area contributed by atoms with E-state index in [9.17, 15) is 27.8 Å². The molecule has 0 amide bonds. The van der Waals surface area contributed by atoms with Crippen molar-refractivity contribution in [1.82, 2.24) is 0 Å². The van der Waals surface area contributed by atoms with Crippen molar-refractivity contribution in [3.63, 3.8) is 0 Å². The molecule has 0 radical (unpaired) electrons. The van der Waals surface area contributed by atoms with Gasteiger partial charge in [-0.05, 0) is 59.7 Å². The van der Waals surface area contributed by atoms with Gasteiger partial charge in [0.05, 0.1) is 14.2 Å². The zero-order valence-corrected chi connectivity index (χ0v) is 20.1. The maximum Gasteiger partial charge on any atom is 0.207 e. The number of aromatic hydroxyl groups is 2. The molecule has 2 aliphatic rings. The Labute approximate surface area is 214 Å². The van der Waals surface area contributed by atoms with Crippen LogP contribution >= 0.6 is 0 Å². The molecule has 0 saturated heterocycles. The van der Waals surface area contributed by atoms with Crippen molar-refractivity contribution < 1.29 is 46.7 Å². The molecule has 4 aromatic rings. The number of phenols is 2. The first-order valence-corrected chi connectivity index (χ1v) is 11.3. The summed E-state index contributed by atoms with van der Waals surface area (Å²) in [6.45, 7) is -0.238. The van der Waals surface area contributed by atoms with Crippen LogP contribution in [0, 0.1) is 23.3 Å². The molecule has 2 heterocycles. The number of hydrogen-bond acceptors (Lipinski definition) is 6. The quantitative estimate of drug-likeness (QED) is 0.290. The second-order valence-electron chi connectivity index (χ2n) is 8.34. The lowest BCUT2D eigenvalue weighted by Crippen LogP contribution is -2.10. The zero-order valence-electron chi connectivity index (χ0n) is 20.1. The summed E-state index contributed by atoms with van der Waals surface area (Å²) in [5.41, 5.74) is 2.45. The number of phenolic OH excluding ortho intramolecular Hbond substituents is 2. The molecule has 0 aromatic heterocycles. The maximum absolute atomic E-state index is 14.2. The standard InChI is InChI=1S/C15H12F2O3.C13H8F2O3/c1-18-11-5-3-8-9-4-6-12(19-2)14(17)15(9)20-7-10(8)13(11)16;14-11-8-5-18-13-7(2-4-10(17)12(13)15)6(8)1-3-9(11)16/h3-6H,7H2,1-2H3;1-4,16-17H,5H2. The monoisotopic (exact) mass is 528 g/mol. The number of hydrogen-bond donors (Lipinski definition) is 2. The largest absolute Gasteiger partial charge is 0.505 e. The summed E-state index contributed by atoms with van der Waals surface area (Å²) < 4.78 is 75.9. The maximum atomic E-state index is 14.2. The van der Waals surface area contributed by atoms with Crippen LogP contribution < -0.4 is 18.9 Å². The third kappa shape index (κ3) is 3.98. The fourth-order valence-electron chi connectivity index (χ4n) is 4.39. The van der Waals surface area contributed by atoms with Gasteiger partial charge in [0.15, 0.2) is 46.1 Å². The molecule has 0 fully saturated rings. The molecule has 0 saturated carbocycles. The van der Waals surface area contributed by atoms with Crippen LogP contribution in [-0.2, 0) is 13.2 Å². The van der Waals surface area contributed by atoms with Crippen LogP contribution in [-0.4, -0.2) is 24.4 Å². The van der Waals surface area contributed by atoms with Crippen LogP contribution in [0.25, 0.3) is 22.3 Å². The molecular formula is C28H20F4O6. The van der Waals surface area contributed by atoms with Crippen molar-refractivity contribution >= 4 is 0 Å². The summed E-state index contributed by atoms with van der Waals surface area (Å²) in [4.78, 5) is 0. The van der Waals surface area contributed by atoms with Gasteiger partial charge >= 0.3 is 0 Å². The molecule has 0 spiro atoms. The van der Waals surface area contributed by atoms with Crippen molar-refractivity contribution in [2.45, 2.75) is 13.2 Å². The molecular weight excluding hydrogens is 508 g/mol. The third-order valence-corrected chi connectivity index (χ3v) is 6.31. The number of halogens is 4. The molecule has 2 aliphatic heterocycles. The van der Waals surface area contributed by atoms with E-state index in [0.717, 1.165) is 0 Å². The lowest BCUT2D eigenvalue weighted by atomic mass is 9.96. The highest BCUT2D eigenvalue weighted by Gasteiger charge is 2.27. The van der Waals surface area contributed by atoms with Gasteiger partial charge in [0, 0.05) is 22.3 Å². The molecule has 0 atom stereocenters. The van der Waals surface area contributed by atoms with Gasteiger partial charge in [0.1, 0.15) is 13.2 Å². The minimum absolute atomic E-state index is 0.0462. The molecule has 6 nitrogen and oxygen atoms in total. The number of fused-ring (bicyclic) bond motifs is 6. The Kier molecular flexibility index (Phi) is 6.40. The fourth-order valence-corrected chi connectivity index (χ4v) is 4.39. The second-order valence-corrected chi connectivity index (χ2v) is 8.34. The minimum Gasteiger partial charge on any atom is -0.505 e. The lowest BCUT2D eigenvalue weighted by Gasteiger charge is -2.23. The van der Waals surface area contributed by atoms with E-state index >= 15 is 0 Å². The van der Waals surface area contributed by atoms with E-state index in [1.165, 1.54) is 50.6 Å². The summed E-state index contributed by atoms with van der Waals surface area (Å²) in [5.74, 6) is -3.46. The Morgan fingerprint density at radius 3 is 1.55 bits per heavy atom. The third-order valence-electron chi connectivity index (χ3n) is 6.31. The SMILES string of the molecule is COc1ccc2c(c1F)COc1c-2ccc(OC)c1F.Oc1ccc2c(c1F)COc1c-2ccc(O)c1F. The van der Waals surface area contributed by atoms with Crippen molar-refractivity contribution in [1.29, 1.82) is 0 Å². The van der Waals surface area contributed by atoms with Crippen molar-refractivity contribution in [3.05, 3.63) is 82.9 Å². The smallest absolute Gasteiger partial charge is 0.207 e. The Hall–Kier alpha value is -4.60. The van der Waals surface area contributed by atoms with E-state index in [4.69, 9.17) is 18.9 Å². The van der Waals surface area contributed by atoms with Gasteiger partial charge in [0.25, 0.3) is 0 Å². The first-order chi connectivity index (χ1) is 18.3. The summed E-state index contributed by atoms with van der Waals surface area (Å²) in [6.07, 6.45) is 0. The summed E-state index contributed by atoms with van der Waals surface area (Å²) in [5, 5.41) is 18.5. The molecule has 10 heteroatoms. The first kappa shape index (κ1) is 25.1. The van der Waals surface area contributed by atoms with Gasteiger partial charge in [-0.2, -0.15) is 8.78 Å². The Morgan fingerprint density at radius 2 is 0.974 bits per heavy atom. The van der Waals surface area contributed by atoms with Crippen LogP contribution in [0.2, 0.25) is 0 Å². The molecule has 2 N–H and O–H groups in total. The van der Waals surface area contributed by atoms with E-state index in [1.54, 1.807) is 12.1 Å². The van der Waals surface area contributed by atoms with E-state index in [-0.39, 0.29) is 41.8 Å². The summed E-state index contributed by atoms with van der Waals surface area (Å²) in [6, 6.07) is 11.7. The average Bonchev–Trinajstić information content (AvgIpc) is 2.93. The molecule has 0 unspecified atom stereocenters. The van der Waals surface area contributed by atoms with E-state index in [1.807, 2.05) is 0 Å². The minimum atomic E-state index is -0.869. The number of methoxy groups -OCH3 is 2. The van der Waals surface area contributed by atoms with Crippen LogP contribution in [0.1, 0.15) is 11.1 Å². The molecule has 0 bridgehead atoms. The van der Waals surface area contributed by atoms with Gasteiger partial charge in [-0.3, -0.25) is 0 Å². The normalized spacial score (nSPS) is 12.4. The lowest BCUT2D eigenvalue weighted by molar-refractivity contribution is 0.271. The number of rotatable bonds is 2. The van der Waals surface area contributed by atoms with Crippen molar-refractivity contribution in [2.24, 2.45) is 0 Å². The van der Waals surface area contributed by atoms with Crippen LogP contribution in [0.15, 0.2) is 48.5 Å². The van der Waals surface area contributed by atoms with Gasteiger partial charge in [-0.25, -0.2) is 8.78 Å². The number of ether oxygens (including phenoxy) is 4. The van der Waals surface area contributed by atoms with Gasteiger partial charge in [-0.15, -0.1) is 0 Å². The molecule has 0 aliphatic carbocycles. The average molecular weight is 528 g/mol. The predicted molar refractivity (Wildman–Crippen MR) is 129 cm³/mol. The predicted octanol–water partition coefficient (Wildman–Crippen LogP) is 6.48. The van der Waals surface area contributed by atoms with E-state index in [2.05, 4.69) is 0 Å². The first-order valence-electron chi connectivity index (χ1n) is 11.3. The highest BCUT2D eigenvalue weighted by molar-refractivity contribution is 5.78. The number of benzene rings is 4. The highest BCUT2D eigenvalue weighted by atomic mass is 19.1. The van der Waals surface area contributed by atoms with Crippen LogP contribution in [0.4, 0.5) is 17.6 Å². The summed E-state index contributed by atoms with van der Waals surface area (Å²) in [7, 11) is 2.78. The Bertz CT molecular complexity index is 1450. The second kappa shape index (κ2) is 9.70. The Morgan fingerprint density at radius 1 is 0.553 bits per heavy atom.